The summed E-state index contributed by atoms with van der Waals surface area (Å²) in [6.45, 7) is 3.36. The first kappa shape index (κ1) is 26.3. The minimum absolute atomic E-state index is 0.265. The number of pyridine rings is 1. The van der Waals surface area contributed by atoms with Gasteiger partial charge in [-0.2, -0.15) is 8.42 Å². The summed E-state index contributed by atoms with van der Waals surface area (Å²) in [6, 6.07) is 10.7. The molecule has 3 aliphatic rings. The van der Waals surface area contributed by atoms with Gasteiger partial charge in [0.05, 0.1) is 0 Å². The number of anilines is 1. The second-order valence-electron chi connectivity index (χ2n) is 10.5. The summed E-state index contributed by atoms with van der Waals surface area (Å²) in [5, 5.41) is 8.89. The van der Waals surface area contributed by atoms with Crippen molar-refractivity contribution < 1.29 is 27.9 Å². The predicted molar refractivity (Wildman–Crippen MR) is 141 cm³/mol. The number of amides is 2. The predicted octanol–water partition coefficient (Wildman–Crippen LogP) is 3.65. The van der Waals surface area contributed by atoms with E-state index >= 15 is 0 Å². The van der Waals surface area contributed by atoms with Crippen LogP contribution in [0.3, 0.4) is 0 Å². The van der Waals surface area contributed by atoms with E-state index in [1.807, 2.05) is 17.9 Å². The molecule has 2 heterocycles. The summed E-state index contributed by atoms with van der Waals surface area (Å²) in [5.41, 5.74) is 0.901. The minimum atomic E-state index is -4.24. The number of ether oxygens (including phenoxy) is 1. The highest BCUT2D eigenvalue weighted by molar-refractivity contribution is 7.90. The maximum Gasteiger partial charge on any atom is 0.407 e. The maximum absolute atomic E-state index is 13.3. The van der Waals surface area contributed by atoms with Gasteiger partial charge < -0.3 is 19.6 Å². The SMILES string of the molecule is Cc1ccc(C2CCCCC2)c(OC2(C(=O)NS(=O)(=O)c3cccc(N4CCN(C(=O)O)CC4)n3)CC2)c1. The van der Waals surface area contributed by atoms with Gasteiger partial charge >= 0.3 is 6.09 Å². The van der Waals surface area contributed by atoms with Gasteiger partial charge in [-0.05, 0) is 55.0 Å². The number of nitrogens with zero attached hydrogens (tertiary/aromatic N) is 3. The van der Waals surface area contributed by atoms with Gasteiger partial charge in [0.15, 0.2) is 10.6 Å². The second-order valence-corrected chi connectivity index (χ2v) is 12.1. The number of benzene rings is 1. The van der Waals surface area contributed by atoms with Gasteiger partial charge in [0, 0.05) is 39.0 Å². The average Bonchev–Trinajstić information content (AvgIpc) is 3.70. The van der Waals surface area contributed by atoms with Crippen LogP contribution in [0.5, 0.6) is 5.75 Å². The van der Waals surface area contributed by atoms with Gasteiger partial charge in [0.25, 0.3) is 15.9 Å². The lowest BCUT2D eigenvalue weighted by atomic mass is 9.83. The number of sulfonamides is 1. The zero-order valence-electron chi connectivity index (χ0n) is 21.6. The first-order valence-electron chi connectivity index (χ1n) is 13.2. The molecule has 2 N–H and O–H groups in total. The Morgan fingerprint density at radius 3 is 2.42 bits per heavy atom. The molecule has 0 bridgehead atoms. The molecule has 11 heteroatoms. The highest BCUT2D eigenvalue weighted by atomic mass is 32.2. The van der Waals surface area contributed by atoms with Gasteiger partial charge in [0.1, 0.15) is 11.6 Å². The van der Waals surface area contributed by atoms with Crippen molar-refractivity contribution in [2.75, 3.05) is 31.1 Å². The Morgan fingerprint density at radius 1 is 1.05 bits per heavy atom. The number of piperazine rings is 1. The molecule has 1 aromatic heterocycles. The molecule has 5 rings (SSSR count). The van der Waals surface area contributed by atoms with Crippen LogP contribution < -0.4 is 14.4 Å². The zero-order chi connectivity index (χ0) is 26.9. The number of carbonyl (C=O) groups excluding carboxylic acids is 1. The molecule has 1 aliphatic heterocycles. The van der Waals surface area contributed by atoms with Gasteiger partial charge in [0.2, 0.25) is 0 Å². The van der Waals surface area contributed by atoms with Crippen LogP contribution in [-0.4, -0.2) is 67.2 Å². The number of carbonyl (C=O) groups is 2. The van der Waals surface area contributed by atoms with Crippen LogP contribution in [0.4, 0.5) is 10.6 Å². The molecular weight excluding hydrogens is 508 g/mol. The first-order valence-corrected chi connectivity index (χ1v) is 14.7. The van der Waals surface area contributed by atoms with Gasteiger partial charge in [-0.1, -0.05) is 37.5 Å². The molecule has 0 unspecified atom stereocenters. The third kappa shape index (κ3) is 5.57. The molecule has 0 atom stereocenters. The molecule has 10 nitrogen and oxygen atoms in total. The molecule has 2 aliphatic carbocycles. The fourth-order valence-corrected chi connectivity index (χ4v) is 6.31. The summed E-state index contributed by atoms with van der Waals surface area (Å²) < 4.78 is 34.8. The molecule has 2 aromatic rings. The van der Waals surface area contributed by atoms with Gasteiger partial charge in [-0.3, -0.25) is 4.79 Å². The summed E-state index contributed by atoms with van der Waals surface area (Å²) >= 11 is 0. The van der Waals surface area contributed by atoms with Crippen molar-refractivity contribution in [3.8, 4) is 5.75 Å². The van der Waals surface area contributed by atoms with E-state index in [0.29, 0.717) is 56.5 Å². The number of aromatic nitrogens is 1. The van der Waals surface area contributed by atoms with E-state index < -0.39 is 27.6 Å². The minimum Gasteiger partial charge on any atom is -0.477 e. The third-order valence-electron chi connectivity index (χ3n) is 7.72. The summed E-state index contributed by atoms with van der Waals surface area (Å²) in [7, 11) is -4.24. The number of nitrogens with one attached hydrogen (secondary N) is 1. The van der Waals surface area contributed by atoms with Crippen LogP contribution in [0, 0.1) is 6.92 Å². The van der Waals surface area contributed by atoms with E-state index in [9.17, 15) is 18.0 Å². The Kier molecular flexibility index (Phi) is 7.21. The second kappa shape index (κ2) is 10.4. The van der Waals surface area contributed by atoms with E-state index in [-0.39, 0.29) is 5.03 Å². The van der Waals surface area contributed by atoms with Crippen LogP contribution in [0.25, 0.3) is 0 Å². The molecule has 38 heavy (non-hydrogen) atoms. The van der Waals surface area contributed by atoms with Gasteiger partial charge in [-0.25, -0.2) is 14.5 Å². The average molecular weight is 543 g/mol. The number of hydrogen-bond donors (Lipinski definition) is 2. The van der Waals surface area contributed by atoms with Crippen molar-refractivity contribution in [3.05, 3.63) is 47.5 Å². The van der Waals surface area contributed by atoms with Crippen molar-refractivity contribution in [2.45, 2.75) is 68.4 Å². The van der Waals surface area contributed by atoms with E-state index in [1.54, 1.807) is 12.1 Å². The fourth-order valence-electron chi connectivity index (χ4n) is 5.30. The molecule has 1 aromatic carbocycles. The normalized spacial score (nSPS) is 19.6. The Balaban J connectivity index is 1.29. The van der Waals surface area contributed by atoms with Crippen LogP contribution in [0.2, 0.25) is 0 Å². The Labute approximate surface area is 223 Å². The number of rotatable bonds is 7. The molecule has 204 valence electrons. The molecule has 2 amide bonds. The molecule has 0 spiro atoms. The van der Waals surface area contributed by atoms with E-state index in [4.69, 9.17) is 9.84 Å². The number of carboxylic acid groups (broad SMARTS) is 1. The number of aryl methyl sites for hydroxylation is 1. The van der Waals surface area contributed by atoms with Crippen LogP contribution in [0.15, 0.2) is 41.4 Å². The first-order chi connectivity index (χ1) is 18.2. The molecule has 2 saturated carbocycles. The third-order valence-corrected chi connectivity index (χ3v) is 8.95. The van der Waals surface area contributed by atoms with E-state index in [2.05, 4.69) is 21.8 Å². The summed E-state index contributed by atoms with van der Waals surface area (Å²) in [6.07, 6.45) is 5.63. The van der Waals surface area contributed by atoms with Gasteiger partial charge in [-0.15, -0.1) is 0 Å². The highest BCUT2D eigenvalue weighted by Gasteiger charge is 2.54. The zero-order valence-corrected chi connectivity index (χ0v) is 22.4. The molecule has 3 fully saturated rings. The number of hydrogen-bond acceptors (Lipinski definition) is 7. The Hall–Kier alpha value is -3.34. The van der Waals surface area contributed by atoms with Crippen molar-refractivity contribution in [1.29, 1.82) is 0 Å². The van der Waals surface area contributed by atoms with Crippen molar-refractivity contribution >= 4 is 27.8 Å². The van der Waals surface area contributed by atoms with Crippen LogP contribution in [0.1, 0.15) is 62.0 Å². The molecular formula is C27H34N4O6S. The summed E-state index contributed by atoms with van der Waals surface area (Å²) in [4.78, 5) is 31.8. The smallest absolute Gasteiger partial charge is 0.407 e. The van der Waals surface area contributed by atoms with E-state index in [0.717, 1.165) is 24.0 Å². The molecule has 1 saturated heterocycles. The largest absolute Gasteiger partial charge is 0.477 e. The monoisotopic (exact) mass is 542 g/mol. The Bertz CT molecular complexity index is 1310. The maximum atomic E-state index is 13.3. The van der Waals surface area contributed by atoms with E-state index in [1.165, 1.54) is 30.2 Å². The lowest BCUT2D eigenvalue weighted by Crippen LogP contribution is -2.48. The van der Waals surface area contributed by atoms with Crippen molar-refractivity contribution in [3.63, 3.8) is 0 Å². The standard InChI is InChI=1S/C27H34N4O6S/c1-19-10-11-21(20-6-3-2-4-7-20)22(18-19)37-27(12-13-27)25(32)29-38(35,36)24-9-5-8-23(28-24)30-14-16-31(17-15-30)26(33)34/h5,8-11,18,20H,2-4,6-7,12-17H2,1H3,(H,29,32)(H,33,34). The lowest BCUT2D eigenvalue weighted by Gasteiger charge is -2.33. The molecule has 0 radical (unpaired) electrons. The van der Waals surface area contributed by atoms with Crippen LogP contribution >= 0.6 is 0 Å². The lowest BCUT2D eigenvalue weighted by molar-refractivity contribution is -0.128. The highest BCUT2D eigenvalue weighted by Crippen LogP contribution is 2.45. The topological polar surface area (TPSA) is 129 Å². The van der Waals surface area contributed by atoms with Crippen LogP contribution in [-0.2, 0) is 14.8 Å². The van der Waals surface area contributed by atoms with Crippen molar-refractivity contribution in [2.24, 2.45) is 0 Å². The summed E-state index contributed by atoms with van der Waals surface area (Å²) in [5.74, 6) is 0.782. The van der Waals surface area contributed by atoms with Crippen molar-refractivity contribution in [1.82, 2.24) is 14.6 Å². The fraction of sp³-hybridized carbons (Fsp3) is 0.519. The quantitative estimate of drug-likeness (QED) is 0.542. The Morgan fingerprint density at radius 2 is 1.76 bits per heavy atom.